The summed E-state index contributed by atoms with van der Waals surface area (Å²) in [5.41, 5.74) is 1.44. The van der Waals surface area contributed by atoms with E-state index in [9.17, 15) is 26.4 Å². The van der Waals surface area contributed by atoms with Crippen LogP contribution in [0.15, 0.2) is 18.5 Å². The van der Waals surface area contributed by atoms with E-state index in [1.54, 1.807) is 4.31 Å². The van der Waals surface area contributed by atoms with Gasteiger partial charge in [0.15, 0.2) is 0 Å². The fraction of sp³-hybridized carbons (Fsp3) is 0.704. The van der Waals surface area contributed by atoms with Gasteiger partial charge in [0.25, 0.3) is 5.91 Å². The molecule has 1 aliphatic carbocycles. The molecule has 2 fully saturated rings. The number of anilines is 1. The van der Waals surface area contributed by atoms with Gasteiger partial charge in [0, 0.05) is 51.6 Å². The van der Waals surface area contributed by atoms with Crippen molar-refractivity contribution in [3.05, 3.63) is 24.0 Å². The predicted molar refractivity (Wildman–Crippen MR) is 154 cm³/mol. The first-order valence-electron chi connectivity index (χ1n) is 14.4. The first-order valence-corrected chi connectivity index (χ1v) is 19.7. The van der Waals surface area contributed by atoms with Crippen LogP contribution in [0.2, 0.25) is 25.7 Å². The molecule has 0 aromatic carbocycles. The number of alkyl halides is 3. The lowest BCUT2D eigenvalue weighted by Crippen LogP contribution is -2.54. The Hall–Kier alpha value is -2.16. The number of aromatic nitrogens is 2. The number of nitrogens with zero attached hydrogens (tertiary/aromatic N) is 5. The molecule has 228 valence electrons. The minimum Gasteiger partial charge on any atom is -0.361 e. The molecular formula is C27H40F3N5O4SSi. The lowest BCUT2D eigenvalue weighted by molar-refractivity contribution is -0.141. The van der Waals surface area contributed by atoms with Crippen molar-refractivity contribution in [3.63, 3.8) is 0 Å². The van der Waals surface area contributed by atoms with Gasteiger partial charge in [0.05, 0.1) is 23.7 Å². The Labute approximate surface area is 240 Å². The van der Waals surface area contributed by atoms with Gasteiger partial charge in [0.2, 0.25) is 10.0 Å². The Morgan fingerprint density at radius 3 is 2.51 bits per heavy atom. The van der Waals surface area contributed by atoms with Gasteiger partial charge in [-0.2, -0.15) is 13.2 Å². The lowest BCUT2D eigenvalue weighted by atomic mass is 9.84. The van der Waals surface area contributed by atoms with Gasteiger partial charge in [-0.15, -0.1) is 0 Å². The van der Waals surface area contributed by atoms with Crippen molar-refractivity contribution in [1.29, 1.82) is 0 Å². The zero-order valence-corrected chi connectivity index (χ0v) is 25.8. The molecule has 0 N–H and O–H groups in total. The van der Waals surface area contributed by atoms with Crippen LogP contribution < -0.4 is 4.90 Å². The van der Waals surface area contributed by atoms with Crippen LogP contribution >= 0.6 is 0 Å². The number of carbonyl (C=O) groups excluding carboxylic acids is 1. The fourth-order valence-corrected chi connectivity index (χ4v) is 8.54. The molecule has 9 nitrogen and oxygen atoms in total. The van der Waals surface area contributed by atoms with Gasteiger partial charge in [0.1, 0.15) is 18.9 Å². The number of halogens is 3. The van der Waals surface area contributed by atoms with E-state index in [0.717, 1.165) is 29.2 Å². The van der Waals surface area contributed by atoms with Crippen molar-refractivity contribution in [3.8, 4) is 0 Å². The van der Waals surface area contributed by atoms with Gasteiger partial charge in [-0.3, -0.25) is 4.79 Å². The second-order valence-corrected chi connectivity index (χ2v) is 20.5. The Balaban J connectivity index is 1.38. The molecular weight excluding hydrogens is 575 g/mol. The van der Waals surface area contributed by atoms with Crippen molar-refractivity contribution < 1.29 is 31.1 Å². The van der Waals surface area contributed by atoms with E-state index in [2.05, 4.69) is 24.6 Å². The summed E-state index contributed by atoms with van der Waals surface area (Å²) in [6.07, 6.45) is 2.34. The first kappa shape index (κ1) is 30.3. The van der Waals surface area contributed by atoms with Crippen LogP contribution in [0, 0.1) is 5.92 Å². The summed E-state index contributed by atoms with van der Waals surface area (Å²) in [4.78, 5) is 20.6. The predicted octanol–water partition coefficient (Wildman–Crippen LogP) is 4.72. The van der Waals surface area contributed by atoms with E-state index < -0.39 is 36.7 Å². The molecule has 1 saturated carbocycles. The summed E-state index contributed by atoms with van der Waals surface area (Å²) < 4.78 is 74.3. The van der Waals surface area contributed by atoms with Crippen molar-refractivity contribution in [2.75, 3.05) is 43.6 Å². The van der Waals surface area contributed by atoms with Crippen LogP contribution in [0.3, 0.4) is 0 Å². The molecule has 0 radical (unpaired) electrons. The number of rotatable bonds is 9. The van der Waals surface area contributed by atoms with Crippen molar-refractivity contribution in [2.45, 2.75) is 76.7 Å². The van der Waals surface area contributed by atoms with Gasteiger partial charge in [-0.1, -0.05) is 19.6 Å². The van der Waals surface area contributed by atoms with E-state index in [4.69, 9.17) is 4.74 Å². The Kier molecular flexibility index (Phi) is 8.49. The third kappa shape index (κ3) is 6.91. The molecule has 1 amide bonds. The monoisotopic (exact) mass is 615 g/mol. The second kappa shape index (κ2) is 11.5. The normalized spacial score (nSPS) is 23.9. The number of carbonyl (C=O) groups is 1. The van der Waals surface area contributed by atoms with Crippen LogP contribution in [-0.2, 0) is 21.5 Å². The van der Waals surface area contributed by atoms with Crippen LogP contribution in [0.25, 0.3) is 11.0 Å². The Morgan fingerprint density at radius 1 is 1.15 bits per heavy atom. The molecule has 0 bridgehead atoms. The van der Waals surface area contributed by atoms with Gasteiger partial charge in [-0.05, 0) is 50.1 Å². The molecule has 14 heteroatoms. The molecule has 2 aromatic rings. The van der Waals surface area contributed by atoms with E-state index in [-0.39, 0.29) is 29.9 Å². The van der Waals surface area contributed by atoms with E-state index in [1.165, 1.54) is 6.20 Å². The quantitative estimate of drug-likeness (QED) is 0.300. The highest BCUT2D eigenvalue weighted by atomic mass is 32.2. The molecule has 4 heterocycles. The minimum atomic E-state index is -4.52. The average Bonchev–Trinajstić information content (AvgIpc) is 3.44. The van der Waals surface area contributed by atoms with Crippen molar-refractivity contribution in [2.24, 2.45) is 5.92 Å². The summed E-state index contributed by atoms with van der Waals surface area (Å²) in [7, 11) is -4.42. The number of sulfonamides is 1. The summed E-state index contributed by atoms with van der Waals surface area (Å²) >= 11 is 0. The van der Waals surface area contributed by atoms with Crippen LogP contribution in [0.4, 0.5) is 18.9 Å². The maximum Gasteiger partial charge on any atom is 0.406 e. The molecule has 5 rings (SSSR count). The van der Waals surface area contributed by atoms with E-state index >= 15 is 0 Å². The number of amides is 1. The smallest absolute Gasteiger partial charge is 0.361 e. The first-order chi connectivity index (χ1) is 19.2. The van der Waals surface area contributed by atoms with E-state index in [1.807, 2.05) is 21.7 Å². The second-order valence-electron chi connectivity index (χ2n) is 12.8. The van der Waals surface area contributed by atoms with Crippen molar-refractivity contribution in [1.82, 2.24) is 18.8 Å². The number of hydrogen-bond donors (Lipinski definition) is 0. The van der Waals surface area contributed by atoms with Crippen LogP contribution in [0.1, 0.15) is 42.5 Å². The third-order valence-electron chi connectivity index (χ3n) is 8.41. The van der Waals surface area contributed by atoms with E-state index in [0.29, 0.717) is 57.0 Å². The molecule has 2 aliphatic heterocycles. The number of pyridine rings is 1. The largest absolute Gasteiger partial charge is 0.406 e. The fourth-order valence-electron chi connectivity index (χ4n) is 6.19. The Morgan fingerprint density at radius 2 is 1.88 bits per heavy atom. The van der Waals surface area contributed by atoms with Crippen LogP contribution in [0.5, 0.6) is 0 Å². The summed E-state index contributed by atoms with van der Waals surface area (Å²) in [6.45, 7) is 7.36. The maximum atomic E-state index is 13.4. The van der Waals surface area contributed by atoms with Gasteiger partial charge >= 0.3 is 6.18 Å². The molecule has 0 spiro atoms. The standard InChI is InChI=1S/C27H40F3N5O4SSi/c1-41(2,3)14-12-39-19-32-11-9-22-24-23(15-31-25(22)32)26(36)33(17-27(28,29)30)18-35(24)21-7-5-20(6-8-21)16-34-10-4-13-40(34,37)38/h9,11,15,20-21H,4-8,10,12-14,16-19H2,1-3H3/t20-,21-. The highest BCUT2D eigenvalue weighted by Crippen LogP contribution is 2.40. The molecule has 0 unspecified atom stereocenters. The SMILES string of the molecule is C[Si](C)(C)CCOCn1ccc2c3c(cnc21)C(=O)N(CC(F)(F)F)CN3[C@H]1CC[C@H](CN2CCCS2(=O)=O)CC1. The van der Waals surface area contributed by atoms with Crippen molar-refractivity contribution >= 4 is 40.7 Å². The number of hydrogen-bond acceptors (Lipinski definition) is 6. The highest BCUT2D eigenvalue weighted by Gasteiger charge is 2.41. The molecule has 41 heavy (non-hydrogen) atoms. The molecule has 3 aliphatic rings. The van der Waals surface area contributed by atoms with Gasteiger partial charge in [-0.25, -0.2) is 17.7 Å². The zero-order chi connectivity index (χ0) is 29.6. The maximum absolute atomic E-state index is 13.4. The summed E-state index contributed by atoms with van der Waals surface area (Å²) in [5.74, 6) is -0.263. The minimum absolute atomic E-state index is 0.0778. The third-order valence-corrected chi connectivity index (χ3v) is 12.0. The van der Waals surface area contributed by atoms with Crippen LogP contribution in [-0.4, -0.2) is 92.0 Å². The Bertz CT molecular complexity index is 1370. The molecule has 0 atom stereocenters. The number of fused-ring (bicyclic) bond motifs is 3. The highest BCUT2D eigenvalue weighted by molar-refractivity contribution is 7.89. The average molecular weight is 616 g/mol. The zero-order valence-electron chi connectivity index (χ0n) is 24.0. The molecule has 2 aromatic heterocycles. The summed E-state index contributed by atoms with van der Waals surface area (Å²) in [5, 5.41) is 0.724. The number of ether oxygens (including phenoxy) is 1. The topological polar surface area (TPSA) is 88.0 Å². The summed E-state index contributed by atoms with van der Waals surface area (Å²) in [6, 6.07) is 2.82. The van der Waals surface area contributed by atoms with Gasteiger partial charge < -0.3 is 19.1 Å². The molecule has 1 saturated heterocycles. The lowest BCUT2D eigenvalue weighted by Gasteiger charge is -2.45.